The van der Waals surface area contributed by atoms with Gasteiger partial charge in [-0.05, 0) is 54.6 Å². The van der Waals surface area contributed by atoms with Crippen LogP contribution in [-0.2, 0) is 11.4 Å². The topological polar surface area (TPSA) is 55.8 Å². The molecule has 1 aliphatic rings. The number of hydrogen-bond donors (Lipinski definition) is 0. The molecule has 174 valence electrons. The van der Waals surface area contributed by atoms with Gasteiger partial charge in [0.2, 0.25) is 0 Å². The first-order valence-corrected chi connectivity index (χ1v) is 12.1. The SMILES string of the molecule is Cc1ccc(OCCN2C(=O)S/C(=C\c3cc(Cl)cc(Cl)c3OCc3ccccc3)C2=O)cc1. The third-order valence-corrected chi connectivity index (χ3v) is 6.43. The standard InChI is InChI=1S/C26H21Cl2NO4S/c1-17-7-9-21(10-8-17)32-12-11-29-25(30)23(34-26(29)31)14-19-13-20(27)15-22(28)24(19)33-16-18-5-3-2-4-6-18/h2-10,13-15H,11-12,16H2,1H3/b23-14-. The Morgan fingerprint density at radius 3 is 2.44 bits per heavy atom. The summed E-state index contributed by atoms with van der Waals surface area (Å²) in [6.07, 6.45) is 1.59. The highest BCUT2D eigenvalue weighted by atomic mass is 35.5. The van der Waals surface area contributed by atoms with Crippen LogP contribution in [0.3, 0.4) is 0 Å². The number of nitrogens with zero attached hydrogens (tertiary/aromatic N) is 1. The van der Waals surface area contributed by atoms with Gasteiger partial charge in [-0.3, -0.25) is 14.5 Å². The molecule has 2 amide bonds. The van der Waals surface area contributed by atoms with Crippen LogP contribution in [0.25, 0.3) is 6.08 Å². The van der Waals surface area contributed by atoms with E-state index in [0.29, 0.717) is 33.7 Å². The molecule has 0 saturated carbocycles. The zero-order chi connectivity index (χ0) is 24.1. The first-order chi connectivity index (χ1) is 16.4. The summed E-state index contributed by atoms with van der Waals surface area (Å²) in [6, 6.07) is 20.4. The Hall–Kier alpha value is -2.93. The van der Waals surface area contributed by atoms with Gasteiger partial charge in [0, 0.05) is 10.6 Å². The van der Waals surface area contributed by atoms with Crippen LogP contribution in [0.4, 0.5) is 4.79 Å². The minimum atomic E-state index is -0.396. The van der Waals surface area contributed by atoms with Crippen LogP contribution in [-0.4, -0.2) is 29.2 Å². The molecule has 1 heterocycles. The quantitative estimate of drug-likeness (QED) is 0.303. The Morgan fingerprint density at radius 2 is 1.71 bits per heavy atom. The maximum absolute atomic E-state index is 12.9. The van der Waals surface area contributed by atoms with Crippen molar-refractivity contribution in [2.24, 2.45) is 0 Å². The van der Waals surface area contributed by atoms with Crippen LogP contribution in [0, 0.1) is 6.92 Å². The largest absolute Gasteiger partial charge is 0.492 e. The first kappa shape index (κ1) is 24.2. The molecule has 0 aliphatic carbocycles. The molecule has 0 N–H and O–H groups in total. The van der Waals surface area contributed by atoms with Gasteiger partial charge >= 0.3 is 0 Å². The van der Waals surface area contributed by atoms with Crippen LogP contribution in [0.2, 0.25) is 10.0 Å². The van der Waals surface area contributed by atoms with Gasteiger partial charge in [0.05, 0.1) is 16.5 Å². The van der Waals surface area contributed by atoms with Gasteiger partial charge in [-0.1, -0.05) is 71.2 Å². The Bertz CT molecular complexity index is 1230. The lowest BCUT2D eigenvalue weighted by atomic mass is 10.1. The third-order valence-electron chi connectivity index (χ3n) is 5.03. The van der Waals surface area contributed by atoms with E-state index in [0.717, 1.165) is 22.9 Å². The van der Waals surface area contributed by atoms with Crippen molar-refractivity contribution in [3.8, 4) is 11.5 Å². The first-order valence-electron chi connectivity index (χ1n) is 10.5. The van der Waals surface area contributed by atoms with Gasteiger partial charge in [0.25, 0.3) is 11.1 Å². The van der Waals surface area contributed by atoms with Gasteiger partial charge < -0.3 is 9.47 Å². The zero-order valence-electron chi connectivity index (χ0n) is 18.3. The van der Waals surface area contributed by atoms with E-state index in [1.165, 1.54) is 4.90 Å². The molecule has 3 aromatic carbocycles. The fourth-order valence-corrected chi connectivity index (χ4v) is 4.71. The smallest absolute Gasteiger partial charge is 0.293 e. The predicted molar refractivity (Wildman–Crippen MR) is 137 cm³/mol. The molecule has 8 heteroatoms. The lowest BCUT2D eigenvalue weighted by molar-refractivity contribution is -0.123. The fraction of sp³-hybridized carbons (Fsp3) is 0.154. The molecule has 34 heavy (non-hydrogen) atoms. The lowest BCUT2D eigenvalue weighted by Gasteiger charge is -2.14. The van der Waals surface area contributed by atoms with Crippen molar-refractivity contribution in [3.05, 3.63) is 98.4 Å². The Labute approximate surface area is 212 Å². The van der Waals surface area contributed by atoms with E-state index in [1.807, 2.05) is 61.5 Å². The highest BCUT2D eigenvalue weighted by Gasteiger charge is 2.35. The number of benzene rings is 3. The van der Waals surface area contributed by atoms with Gasteiger partial charge in [0.15, 0.2) is 0 Å². The monoisotopic (exact) mass is 513 g/mol. The summed E-state index contributed by atoms with van der Waals surface area (Å²) < 4.78 is 11.6. The summed E-state index contributed by atoms with van der Waals surface area (Å²) in [5.74, 6) is 0.680. The second-order valence-electron chi connectivity index (χ2n) is 7.58. The second-order valence-corrected chi connectivity index (χ2v) is 9.41. The molecule has 0 spiro atoms. The molecule has 0 unspecified atom stereocenters. The molecule has 1 fully saturated rings. The van der Waals surface area contributed by atoms with Crippen LogP contribution >= 0.6 is 35.0 Å². The summed E-state index contributed by atoms with van der Waals surface area (Å²) in [5, 5.41) is 0.359. The van der Waals surface area contributed by atoms with Crippen LogP contribution in [0.5, 0.6) is 11.5 Å². The van der Waals surface area contributed by atoms with Crippen molar-refractivity contribution in [2.75, 3.05) is 13.2 Å². The Morgan fingerprint density at radius 1 is 0.971 bits per heavy atom. The fourth-order valence-electron chi connectivity index (χ4n) is 3.29. The number of thioether (sulfide) groups is 1. The minimum Gasteiger partial charge on any atom is -0.492 e. The molecular weight excluding hydrogens is 493 g/mol. The minimum absolute atomic E-state index is 0.142. The number of rotatable bonds is 8. The molecule has 0 radical (unpaired) electrons. The van der Waals surface area contributed by atoms with E-state index in [9.17, 15) is 9.59 Å². The van der Waals surface area contributed by atoms with Crippen molar-refractivity contribution in [2.45, 2.75) is 13.5 Å². The van der Waals surface area contributed by atoms with Crippen molar-refractivity contribution in [1.82, 2.24) is 4.90 Å². The Balaban J connectivity index is 1.48. The normalized spacial score (nSPS) is 14.7. The molecule has 1 saturated heterocycles. The van der Waals surface area contributed by atoms with Crippen LogP contribution in [0.1, 0.15) is 16.7 Å². The van der Waals surface area contributed by atoms with E-state index in [1.54, 1.807) is 18.2 Å². The average molecular weight is 514 g/mol. The zero-order valence-corrected chi connectivity index (χ0v) is 20.6. The number of aryl methyl sites for hydroxylation is 1. The number of halogens is 2. The van der Waals surface area contributed by atoms with Gasteiger partial charge in [-0.25, -0.2) is 0 Å². The number of imide groups is 1. The molecule has 0 bridgehead atoms. The third kappa shape index (κ3) is 5.95. The van der Waals surface area contributed by atoms with Crippen molar-refractivity contribution < 1.29 is 19.1 Å². The molecule has 0 atom stereocenters. The molecule has 0 aromatic heterocycles. The highest BCUT2D eigenvalue weighted by Crippen LogP contribution is 2.38. The molecule has 3 aromatic rings. The number of carbonyl (C=O) groups excluding carboxylic acids is 2. The molecule has 4 rings (SSSR count). The molecule has 1 aliphatic heterocycles. The van der Waals surface area contributed by atoms with E-state index < -0.39 is 5.91 Å². The summed E-state index contributed by atoms with van der Waals surface area (Å²) in [7, 11) is 0. The van der Waals surface area contributed by atoms with E-state index in [2.05, 4.69) is 0 Å². The average Bonchev–Trinajstić information content (AvgIpc) is 3.07. The van der Waals surface area contributed by atoms with Gasteiger partial charge in [0.1, 0.15) is 24.7 Å². The van der Waals surface area contributed by atoms with Crippen molar-refractivity contribution in [3.63, 3.8) is 0 Å². The summed E-state index contributed by atoms with van der Waals surface area (Å²) in [4.78, 5) is 26.8. The maximum Gasteiger partial charge on any atom is 0.293 e. The van der Waals surface area contributed by atoms with Crippen LogP contribution in [0.15, 0.2) is 71.6 Å². The van der Waals surface area contributed by atoms with Crippen LogP contribution < -0.4 is 9.47 Å². The number of ether oxygens (including phenoxy) is 2. The molecule has 5 nitrogen and oxygen atoms in total. The number of hydrogen-bond acceptors (Lipinski definition) is 5. The van der Waals surface area contributed by atoms with Crippen molar-refractivity contribution in [1.29, 1.82) is 0 Å². The predicted octanol–water partition coefficient (Wildman–Crippen LogP) is 7.00. The van der Waals surface area contributed by atoms with Gasteiger partial charge in [-0.15, -0.1) is 0 Å². The summed E-state index contributed by atoms with van der Waals surface area (Å²) in [5.41, 5.74) is 2.61. The second kappa shape index (κ2) is 11.0. The summed E-state index contributed by atoms with van der Waals surface area (Å²) in [6.45, 7) is 2.62. The Kier molecular flexibility index (Phi) is 7.83. The highest BCUT2D eigenvalue weighted by molar-refractivity contribution is 8.18. The van der Waals surface area contributed by atoms with Crippen molar-refractivity contribution >= 4 is 52.2 Å². The maximum atomic E-state index is 12.9. The van der Waals surface area contributed by atoms with E-state index in [4.69, 9.17) is 32.7 Å². The summed E-state index contributed by atoms with van der Waals surface area (Å²) >= 11 is 13.5. The van der Waals surface area contributed by atoms with Gasteiger partial charge in [-0.2, -0.15) is 0 Å². The lowest BCUT2D eigenvalue weighted by Crippen LogP contribution is -2.32. The number of carbonyl (C=O) groups is 2. The number of amides is 2. The van der Waals surface area contributed by atoms with E-state index in [-0.39, 0.29) is 23.3 Å². The molecular formula is C26H21Cl2NO4S. The van der Waals surface area contributed by atoms with E-state index >= 15 is 0 Å².